The number of allylic oxidation sites excluding steroid dienone is 1. The van der Waals surface area contributed by atoms with Crippen LogP contribution in [-0.4, -0.2) is 52.7 Å². The summed E-state index contributed by atoms with van der Waals surface area (Å²) >= 11 is 1.68. The molecule has 8 heteroatoms. The fourth-order valence-corrected chi connectivity index (χ4v) is 6.32. The first-order valence-corrected chi connectivity index (χ1v) is 17.4. The summed E-state index contributed by atoms with van der Waals surface area (Å²) in [6.45, 7) is 14.5. The number of nitrogens with zero attached hydrogens (tertiary/aromatic N) is 2. The van der Waals surface area contributed by atoms with E-state index in [4.69, 9.17) is 14.2 Å². The minimum absolute atomic E-state index is 0.119. The lowest BCUT2D eigenvalue weighted by Gasteiger charge is -2.39. The van der Waals surface area contributed by atoms with Crippen LogP contribution in [0.2, 0.25) is 0 Å². The summed E-state index contributed by atoms with van der Waals surface area (Å²) in [6.07, 6.45) is 9.14. The number of thiophene rings is 1. The number of fused-ring (bicyclic) bond motifs is 1. The Morgan fingerprint density at radius 2 is 1.91 bits per heavy atom. The Hall–Kier alpha value is -4.00. The van der Waals surface area contributed by atoms with Crippen molar-refractivity contribution >= 4 is 28.8 Å². The summed E-state index contributed by atoms with van der Waals surface area (Å²) in [5.74, 6) is 1.07. The van der Waals surface area contributed by atoms with Crippen molar-refractivity contribution in [2.45, 2.75) is 91.7 Å². The normalized spacial score (nSPS) is 13.0. The highest BCUT2D eigenvalue weighted by Crippen LogP contribution is 2.43. The summed E-state index contributed by atoms with van der Waals surface area (Å²) in [4.78, 5) is 29.1. The summed E-state index contributed by atoms with van der Waals surface area (Å²) in [7, 11) is 3.66. The fraction of sp³-hybridized carbons (Fsp3) is 0.462. The van der Waals surface area contributed by atoms with Crippen LogP contribution >= 0.6 is 11.3 Å². The van der Waals surface area contributed by atoms with E-state index in [2.05, 4.69) is 68.6 Å². The number of benzene rings is 1. The Labute approximate surface area is 284 Å². The van der Waals surface area contributed by atoms with E-state index in [-0.39, 0.29) is 24.9 Å². The van der Waals surface area contributed by atoms with Gasteiger partial charge in [0, 0.05) is 66.3 Å². The number of hydrogen-bond acceptors (Lipinski definition) is 6. The monoisotopic (exact) mass is 658 g/mol. The van der Waals surface area contributed by atoms with Gasteiger partial charge in [-0.05, 0) is 113 Å². The first-order valence-electron chi connectivity index (χ1n) is 16.4. The molecule has 0 fully saturated rings. The van der Waals surface area contributed by atoms with Crippen LogP contribution in [0.4, 0.5) is 0 Å². The second-order valence-electron chi connectivity index (χ2n) is 13.7. The molecule has 0 unspecified atom stereocenters. The molecule has 0 spiro atoms. The van der Waals surface area contributed by atoms with E-state index in [0.717, 1.165) is 58.6 Å². The molecule has 47 heavy (non-hydrogen) atoms. The van der Waals surface area contributed by atoms with Gasteiger partial charge in [0.2, 0.25) is 0 Å². The van der Waals surface area contributed by atoms with Crippen LogP contribution < -0.4 is 9.47 Å². The van der Waals surface area contributed by atoms with Gasteiger partial charge in [0.1, 0.15) is 23.7 Å². The van der Waals surface area contributed by atoms with E-state index in [1.807, 2.05) is 55.6 Å². The SMILES string of the molecule is CCC(C)(C)N(CCCC(=O)OC(C)(C)C)C(=O)C(=C=CCCc1ccsc1)C1=C(C)c2cc(-c3ccn(C)c3)c(OC)cc2OC1. The van der Waals surface area contributed by atoms with E-state index in [1.54, 1.807) is 18.4 Å². The van der Waals surface area contributed by atoms with Crippen LogP contribution in [0.25, 0.3) is 16.7 Å². The van der Waals surface area contributed by atoms with Gasteiger partial charge in [-0.3, -0.25) is 9.59 Å². The highest BCUT2D eigenvalue weighted by molar-refractivity contribution is 7.07. The lowest BCUT2D eigenvalue weighted by Crippen LogP contribution is -2.49. The highest BCUT2D eigenvalue weighted by Gasteiger charge is 2.34. The van der Waals surface area contributed by atoms with Crippen LogP contribution in [0.1, 0.15) is 85.3 Å². The van der Waals surface area contributed by atoms with Crippen LogP contribution in [0.15, 0.2) is 70.4 Å². The molecular formula is C39H50N2O5S. The van der Waals surface area contributed by atoms with Gasteiger partial charge in [-0.2, -0.15) is 11.3 Å². The molecule has 1 amide bonds. The Morgan fingerprint density at radius 3 is 2.53 bits per heavy atom. The van der Waals surface area contributed by atoms with E-state index in [1.165, 1.54) is 5.56 Å². The Bertz CT molecular complexity index is 1660. The van der Waals surface area contributed by atoms with Gasteiger partial charge in [-0.25, -0.2) is 0 Å². The van der Waals surface area contributed by atoms with Gasteiger partial charge < -0.3 is 23.7 Å². The third-order valence-corrected chi connectivity index (χ3v) is 9.35. The van der Waals surface area contributed by atoms with Gasteiger partial charge in [0.25, 0.3) is 5.91 Å². The molecular weight excluding hydrogens is 609 g/mol. The number of aryl methyl sites for hydroxylation is 2. The maximum absolute atomic E-state index is 14.7. The number of rotatable bonds is 13. The predicted octanol–water partition coefficient (Wildman–Crippen LogP) is 8.78. The molecule has 4 rings (SSSR count). The zero-order valence-electron chi connectivity index (χ0n) is 29.5. The third-order valence-electron chi connectivity index (χ3n) is 8.62. The summed E-state index contributed by atoms with van der Waals surface area (Å²) < 4.78 is 19.6. The first-order chi connectivity index (χ1) is 22.2. The minimum atomic E-state index is -0.551. The lowest BCUT2D eigenvalue weighted by atomic mass is 9.89. The number of carbonyl (C=O) groups excluding carboxylic acids is 2. The van der Waals surface area contributed by atoms with Crippen LogP contribution in [0.5, 0.6) is 11.5 Å². The molecule has 1 aliphatic rings. The van der Waals surface area contributed by atoms with Crippen molar-refractivity contribution in [2.24, 2.45) is 7.05 Å². The van der Waals surface area contributed by atoms with E-state index < -0.39 is 11.1 Å². The molecule has 0 radical (unpaired) electrons. The molecule has 252 valence electrons. The Kier molecular flexibility index (Phi) is 11.6. The lowest BCUT2D eigenvalue weighted by molar-refractivity contribution is -0.155. The highest BCUT2D eigenvalue weighted by atomic mass is 32.1. The average molecular weight is 659 g/mol. The molecule has 2 aromatic heterocycles. The Morgan fingerprint density at radius 1 is 1.15 bits per heavy atom. The molecule has 1 aromatic carbocycles. The standard InChI is InChI=1S/C39H50N2O5S/c1-10-39(6,7)41(19-13-16-36(42)46-38(3,4)5)37(43)30(15-12-11-14-28-18-21-47-26-28)33-25-45-35-23-34(44-9)32(22-31(35)27(33)2)29-17-20-40(8)24-29/h12,17-18,20-24,26H,10-11,13-14,16,19,25H2,1-9H3. The molecule has 1 aliphatic heterocycles. The number of hydrogen-bond donors (Lipinski definition) is 0. The number of aromatic nitrogens is 1. The molecule has 3 heterocycles. The minimum Gasteiger partial charge on any atom is -0.496 e. The van der Waals surface area contributed by atoms with E-state index in [9.17, 15) is 9.59 Å². The van der Waals surface area contributed by atoms with Gasteiger partial charge in [-0.1, -0.05) is 6.92 Å². The second-order valence-corrected chi connectivity index (χ2v) is 14.5. The molecule has 0 aliphatic carbocycles. The predicted molar refractivity (Wildman–Crippen MR) is 191 cm³/mol. The van der Waals surface area contributed by atoms with Crippen molar-refractivity contribution in [1.29, 1.82) is 0 Å². The van der Waals surface area contributed by atoms with E-state index in [0.29, 0.717) is 18.5 Å². The number of methoxy groups -OCH3 is 1. The van der Waals surface area contributed by atoms with Crippen LogP contribution in [-0.2, 0) is 27.8 Å². The molecule has 0 saturated carbocycles. The number of ether oxygens (including phenoxy) is 3. The average Bonchev–Trinajstić information content (AvgIpc) is 3.70. The van der Waals surface area contributed by atoms with Gasteiger partial charge in [0.05, 0.1) is 12.7 Å². The molecule has 0 atom stereocenters. The molecule has 0 bridgehead atoms. The number of esters is 1. The van der Waals surface area contributed by atoms with Crippen LogP contribution in [0.3, 0.4) is 0 Å². The maximum Gasteiger partial charge on any atom is 0.306 e. The fourth-order valence-electron chi connectivity index (χ4n) is 5.62. The van der Waals surface area contributed by atoms with Crippen molar-refractivity contribution in [1.82, 2.24) is 9.47 Å². The van der Waals surface area contributed by atoms with Crippen molar-refractivity contribution in [3.63, 3.8) is 0 Å². The van der Waals surface area contributed by atoms with Gasteiger partial charge in [0.15, 0.2) is 0 Å². The van der Waals surface area contributed by atoms with Crippen molar-refractivity contribution in [3.05, 3.63) is 81.5 Å². The van der Waals surface area contributed by atoms with Crippen LogP contribution in [0, 0.1) is 0 Å². The quantitative estimate of drug-likeness (QED) is 0.104. The molecule has 7 nitrogen and oxygen atoms in total. The smallest absolute Gasteiger partial charge is 0.306 e. The molecule has 0 saturated heterocycles. The zero-order chi connectivity index (χ0) is 34.4. The van der Waals surface area contributed by atoms with Gasteiger partial charge in [-0.15, -0.1) is 5.73 Å². The van der Waals surface area contributed by atoms with E-state index >= 15 is 0 Å². The van der Waals surface area contributed by atoms with Gasteiger partial charge >= 0.3 is 5.97 Å². The second kappa shape index (κ2) is 15.3. The molecule has 0 N–H and O–H groups in total. The molecule has 3 aromatic rings. The van der Waals surface area contributed by atoms with Crippen molar-refractivity contribution in [3.8, 4) is 22.6 Å². The summed E-state index contributed by atoms with van der Waals surface area (Å²) in [5, 5.41) is 4.23. The summed E-state index contributed by atoms with van der Waals surface area (Å²) in [6, 6.07) is 8.21. The number of carbonyl (C=O) groups is 2. The first kappa shape index (κ1) is 35.8. The topological polar surface area (TPSA) is 70.0 Å². The summed E-state index contributed by atoms with van der Waals surface area (Å²) in [5.41, 5.74) is 8.88. The van der Waals surface area contributed by atoms with Crippen molar-refractivity contribution < 1.29 is 23.8 Å². The van der Waals surface area contributed by atoms with Crippen molar-refractivity contribution in [2.75, 3.05) is 20.3 Å². The largest absolute Gasteiger partial charge is 0.496 e. The Balaban J connectivity index is 1.75. The third kappa shape index (κ3) is 9.09. The zero-order valence-corrected chi connectivity index (χ0v) is 30.3. The number of amides is 1. The maximum atomic E-state index is 14.7.